The van der Waals surface area contributed by atoms with E-state index in [0.29, 0.717) is 5.95 Å². The number of nitrogens with zero attached hydrogens (tertiary/aromatic N) is 4. The van der Waals surface area contributed by atoms with Crippen molar-refractivity contribution in [2.24, 2.45) is 0 Å². The Balaban J connectivity index is 1.58. The molecule has 0 fully saturated rings. The Kier molecular flexibility index (Phi) is 3.81. The molecule has 0 amide bonds. The van der Waals surface area contributed by atoms with E-state index in [4.69, 9.17) is 9.97 Å². The summed E-state index contributed by atoms with van der Waals surface area (Å²) in [6.45, 7) is 0. The third-order valence-electron chi connectivity index (χ3n) is 6.26. The first-order valence-electron chi connectivity index (χ1n) is 11.0. The number of benzene rings is 4. The van der Waals surface area contributed by atoms with Gasteiger partial charge in [-0.25, -0.2) is 9.97 Å². The lowest BCUT2D eigenvalue weighted by Crippen LogP contribution is -2.18. The van der Waals surface area contributed by atoms with Gasteiger partial charge in [-0.1, -0.05) is 72.8 Å². The molecule has 4 nitrogen and oxygen atoms in total. The van der Waals surface area contributed by atoms with E-state index in [-0.39, 0.29) is 0 Å². The van der Waals surface area contributed by atoms with Crippen molar-refractivity contribution in [3.05, 3.63) is 109 Å². The Bertz CT molecular complexity index is 1670. The predicted octanol–water partition coefficient (Wildman–Crippen LogP) is 7.30. The topological polar surface area (TPSA) is 41.9 Å². The van der Waals surface area contributed by atoms with Crippen LogP contribution >= 0.6 is 0 Å². The lowest BCUT2D eigenvalue weighted by atomic mass is 9.91. The van der Waals surface area contributed by atoms with Gasteiger partial charge in [0.15, 0.2) is 0 Å². The second-order valence-corrected chi connectivity index (χ2v) is 8.14. The van der Waals surface area contributed by atoms with Gasteiger partial charge in [0.1, 0.15) is 5.69 Å². The van der Waals surface area contributed by atoms with Crippen LogP contribution in [0.1, 0.15) is 0 Å². The summed E-state index contributed by atoms with van der Waals surface area (Å²) in [4.78, 5) is 16.9. The van der Waals surface area contributed by atoms with E-state index in [1.165, 1.54) is 21.9 Å². The third-order valence-corrected chi connectivity index (χ3v) is 6.26. The highest BCUT2D eigenvalue weighted by atomic mass is 15.3. The van der Waals surface area contributed by atoms with Gasteiger partial charge >= 0.3 is 0 Å². The average molecular weight is 422 g/mol. The van der Waals surface area contributed by atoms with Gasteiger partial charge in [-0.3, -0.25) is 9.88 Å². The van der Waals surface area contributed by atoms with Crippen LogP contribution in [0.4, 0.5) is 17.3 Å². The van der Waals surface area contributed by atoms with Crippen LogP contribution in [0.15, 0.2) is 109 Å². The molecule has 0 bridgehead atoms. The summed E-state index contributed by atoms with van der Waals surface area (Å²) in [7, 11) is 0. The highest BCUT2D eigenvalue weighted by molar-refractivity contribution is 6.13. The second-order valence-electron chi connectivity index (χ2n) is 8.14. The van der Waals surface area contributed by atoms with Crippen LogP contribution in [-0.2, 0) is 0 Å². The molecule has 4 aromatic carbocycles. The molecule has 4 heteroatoms. The van der Waals surface area contributed by atoms with E-state index in [1.54, 1.807) is 6.20 Å². The number of hydrogen-bond donors (Lipinski definition) is 0. The number of hydrogen-bond acceptors (Lipinski definition) is 4. The summed E-state index contributed by atoms with van der Waals surface area (Å²) in [6, 6.07) is 35.4. The normalized spacial score (nSPS) is 12.2. The van der Waals surface area contributed by atoms with Crippen molar-refractivity contribution in [3.8, 4) is 22.5 Å². The fraction of sp³-hybridized carbons (Fsp3) is 0. The average Bonchev–Trinajstić information content (AvgIpc) is 2.89. The number of fused-ring (bicyclic) bond motifs is 3. The Labute approximate surface area is 190 Å². The minimum absolute atomic E-state index is 0.642. The molecule has 0 atom stereocenters. The molecule has 6 aromatic rings. The van der Waals surface area contributed by atoms with Crippen molar-refractivity contribution in [1.82, 2.24) is 15.0 Å². The van der Waals surface area contributed by atoms with E-state index in [1.807, 2.05) is 36.4 Å². The molecule has 0 N–H and O–H groups in total. The van der Waals surface area contributed by atoms with Crippen molar-refractivity contribution in [3.63, 3.8) is 0 Å². The van der Waals surface area contributed by atoms with Gasteiger partial charge in [-0.2, -0.15) is 0 Å². The van der Waals surface area contributed by atoms with Crippen LogP contribution in [-0.4, -0.2) is 15.0 Å². The first-order valence-corrected chi connectivity index (χ1v) is 11.0. The van der Waals surface area contributed by atoms with Crippen LogP contribution in [0.5, 0.6) is 0 Å². The van der Waals surface area contributed by atoms with Crippen LogP contribution in [0.2, 0.25) is 0 Å². The molecule has 0 unspecified atom stereocenters. The molecular weight excluding hydrogens is 404 g/mol. The fourth-order valence-corrected chi connectivity index (χ4v) is 4.84. The number of para-hydroxylation sites is 2. The van der Waals surface area contributed by atoms with Crippen LogP contribution in [0.25, 0.3) is 44.2 Å². The van der Waals surface area contributed by atoms with Crippen molar-refractivity contribution in [1.29, 1.82) is 0 Å². The molecule has 1 aliphatic heterocycles. The van der Waals surface area contributed by atoms with E-state index in [2.05, 4.69) is 76.6 Å². The summed E-state index contributed by atoms with van der Waals surface area (Å²) in [5.74, 6) is 0.642. The van der Waals surface area contributed by atoms with Crippen LogP contribution in [0, 0.1) is 0 Å². The van der Waals surface area contributed by atoms with Gasteiger partial charge in [0.25, 0.3) is 0 Å². The zero-order valence-electron chi connectivity index (χ0n) is 17.7. The van der Waals surface area contributed by atoms with E-state index in [0.717, 1.165) is 33.7 Å². The van der Waals surface area contributed by atoms with Crippen molar-refractivity contribution in [2.75, 3.05) is 4.90 Å². The Hall–Kier alpha value is -4.57. The maximum absolute atomic E-state index is 5.11. The molecule has 2 aromatic heterocycles. The Morgan fingerprint density at radius 2 is 1.33 bits per heavy atom. The van der Waals surface area contributed by atoms with E-state index in [9.17, 15) is 0 Å². The molecule has 33 heavy (non-hydrogen) atoms. The maximum Gasteiger partial charge on any atom is 0.235 e. The first-order chi connectivity index (χ1) is 16.4. The minimum Gasteiger partial charge on any atom is -0.278 e. The summed E-state index contributed by atoms with van der Waals surface area (Å²) in [5, 5.41) is 3.41. The SMILES string of the molecule is c1ccc(-c2nc(N3c4ccccc4-c4cccc5cccc3c45)nc3ccccc23)nc1. The smallest absolute Gasteiger partial charge is 0.235 e. The molecule has 1 aliphatic rings. The molecule has 0 saturated heterocycles. The summed E-state index contributed by atoms with van der Waals surface area (Å²) in [5.41, 5.74) is 7.14. The Morgan fingerprint density at radius 3 is 2.24 bits per heavy atom. The van der Waals surface area contributed by atoms with Gasteiger partial charge in [0.05, 0.1) is 22.6 Å². The number of rotatable bonds is 2. The minimum atomic E-state index is 0.642. The predicted molar refractivity (Wildman–Crippen MR) is 134 cm³/mol. The Morgan fingerprint density at radius 1 is 0.576 bits per heavy atom. The first kappa shape index (κ1) is 18.0. The second kappa shape index (κ2) is 6.97. The molecule has 0 radical (unpaired) electrons. The lowest BCUT2D eigenvalue weighted by molar-refractivity contribution is 1.11. The van der Waals surface area contributed by atoms with Gasteiger partial charge in [-0.15, -0.1) is 0 Å². The number of anilines is 3. The zero-order chi connectivity index (χ0) is 21.8. The molecule has 0 spiro atoms. The lowest BCUT2D eigenvalue weighted by Gasteiger charge is -2.32. The van der Waals surface area contributed by atoms with Gasteiger partial charge in [0, 0.05) is 22.5 Å². The molecular formula is C29H18N4. The number of pyridine rings is 1. The summed E-state index contributed by atoms with van der Waals surface area (Å²) < 4.78 is 0. The molecule has 0 saturated carbocycles. The van der Waals surface area contributed by atoms with Gasteiger partial charge < -0.3 is 0 Å². The fourth-order valence-electron chi connectivity index (χ4n) is 4.84. The van der Waals surface area contributed by atoms with Crippen LogP contribution in [0.3, 0.4) is 0 Å². The van der Waals surface area contributed by atoms with Crippen molar-refractivity contribution in [2.45, 2.75) is 0 Å². The van der Waals surface area contributed by atoms with E-state index < -0.39 is 0 Å². The molecule has 7 rings (SSSR count). The number of aromatic nitrogens is 3. The molecule has 3 heterocycles. The van der Waals surface area contributed by atoms with Crippen LogP contribution < -0.4 is 4.90 Å². The highest BCUT2D eigenvalue weighted by Crippen LogP contribution is 2.50. The van der Waals surface area contributed by atoms with E-state index >= 15 is 0 Å². The van der Waals surface area contributed by atoms with Crippen molar-refractivity contribution >= 4 is 39.0 Å². The summed E-state index contributed by atoms with van der Waals surface area (Å²) >= 11 is 0. The summed E-state index contributed by atoms with van der Waals surface area (Å²) in [6.07, 6.45) is 1.80. The third kappa shape index (κ3) is 2.68. The standard InChI is InChI=1S/C29H18N4/c1-3-14-23-22(12-1)28(24-15-5-6-18-30-24)32-29(31-23)33-25-16-4-2-11-20(25)21-13-7-9-19-10-8-17-26(33)27(19)21/h1-18H. The largest absolute Gasteiger partial charge is 0.278 e. The van der Waals surface area contributed by atoms with Crippen molar-refractivity contribution < 1.29 is 0 Å². The maximum atomic E-state index is 5.11. The monoisotopic (exact) mass is 422 g/mol. The van der Waals surface area contributed by atoms with Gasteiger partial charge in [-0.05, 0) is 41.3 Å². The highest BCUT2D eigenvalue weighted by Gasteiger charge is 2.28. The molecule has 0 aliphatic carbocycles. The zero-order valence-corrected chi connectivity index (χ0v) is 17.7. The molecule has 154 valence electrons. The quantitative estimate of drug-likeness (QED) is 0.293. The van der Waals surface area contributed by atoms with Gasteiger partial charge in [0.2, 0.25) is 5.95 Å².